The Morgan fingerprint density at radius 1 is 1.63 bits per heavy atom. The predicted molar refractivity (Wildman–Crippen MR) is 77.9 cm³/mol. The molecule has 104 valence electrons. The first-order valence-electron chi connectivity index (χ1n) is 6.13. The topological polar surface area (TPSA) is 52.4 Å². The van der Waals surface area contributed by atoms with Gasteiger partial charge < -0.3 is 4.74 Å². The van der Waals surface area contributed by atoms with Crippen LogP contribution in [0.1, 0.15) is 26.7 Å². The molecule has 1 aliphatic carbocycles. The van der Waals surface area contributed by atoms with Crippen LogP contribution in [-0.2, 0) is 0 Å². The Morgan fingerprint density at radius 3 is 2.84 bits per heavy atom. The van der Waals surface area contributed by atoms with Crippen molar-refractivity contribution in [3.63, 3.8) is 0 Å². The number of nitro benzene ring substituents is 1. The number of nitro groups is 1. The van der Waals surface area contributed by atoms with Crippen molar-refractivity contribution in [3.05, 3.63) is 32.8 Å². The summed E-state index contributed by atoms with van der Waals surface area (Å²) in [5, 5.41) is 11.1. The number of ether oxygens (including phenoxy) is 1. The monoisotopic (exact) mass is 347 g/mol. The van der Waals surface area contributed by atoms with Crippen molar-refractivity contribution in [2.24, 2.45) is 5.41 Å². The van der Waals surface area contributed by atoms with Gasteiger partial charge in [-0.2, -0.15) is 0 Å². The minimum absolute atomic E-state index is 0.0224. The maximum atomic E-state index is 11.0. The van der Waals surface area contributed by atoms with Crippen LogP contribution in [0.4, 0.5) is 5.69 Å². The highest BCUT2D eigenvalue weighted by molar-refractivity contribution is 9.10. The van der Waals surface area contributed by atoms with E-state index in [1.165, 1.54) is 6.07 Å². The van der Waals surface area contributed by atoms with Gasteiger partial charge in [-0.25, -0.2) is 0 Å². The van der Waals surface area contributed by atoms with E-state index >= 15 is 0 Å². The second kappa shape index (κ2) is 5.29. The summed E-state index contributed by atoms with van der Waals surface area (Å²) in [5.74, 6) is 0.307. The van der Waals surface area contributed by atoms with Crippen LogP contribution in [0.5, 0.6) is 5.75 Å². The number of rotatable bonds is 4. The zero-order valence-electron chi connectivity index (χ0n) is 10.7. The average Bonchev–Trinajstić information content (AvgIpc) is 2.38. The van der Waals surface area contributed by atoms with Gasteiger partial charge in [0.15, 0.2) is 5.75 Å². The third-order valence-corrected chi connectivity index (χ3v) is 5.19. The third-order valence-electron chi connectivity index (χ3n) is 4.02. The average molecular weight is 349 g/mol. The van der Waals surface area contributed by atoms with Gasteiger partial charge >= 0.3 is 5.69 Å². The predicted octanol–water partition coefficient (Wildman–Crippen LogP) is 4.53. The Labute approximate surface area is 125 Å². The summed E-state index contributed by atoms with van der Waals surface area (Å²) in [6, 6.07) is 4.82. The van der Waals surface area contributed by atoms with Gasteiger partial charge in [0.1, 0.15) is 6.10 Å². The summed E-state index contributed by atoms with van der Waals surface area (Å²) < 4.78 is 6.49. The molecule has 19 heavy (non-hydrogen) atoms. The first kappa shape index (κ1) is 14.6. The molecule has 0 amide bonds. The first-order valence-corrected chi connectivity index (χ1v) is 7.36. The zero-order chi connectivity index (χ0) is 14.2. The Kier molecular flexibility index (Phi) is 4.06. The Hall–Kier alpha value is -0.810. The minimum Gasteiger partial charge on any atom is -0.483 e. The first-order chi connectivity index (χ1) is 8.88. The zero-order valence-corrected chi connectivity index (χ0v) is 13.1. The van der Waals surface area contributed by atoms with E-state index in [1.807, 2.05) is 0 Å². The van der Waals surface area contributed by atoms with Gasteiger partial charge in [-0.3, -0.25) is 10.1 Å². The van der Waals surface area contributed by atoms with Crippen molar-refractivity contribution in [2.75, 3.05) is 0 Å². The number of hydrogen-bond donors (Lipinski definition) is 0. The van der Waals surface area contributed by atoms with Crippen molar-refractivity contribution >= 4 is 33.2 Å². The minimum atomic E-state index is -0.430. The number of benzene rings is 1. The van der Waals surface area contributed by atoms with Crippen LogP contribution in [0.15, 0.2) is 22.7 Å². The molecule has 1 fully saturated rings. The van der Waals surface area contributed by atoms with Crippen LogP contribution >= 0.6 is 27.5 Å². The van der Waals surface area contributed by atoms with Crippen LogP contribution in [0.2, 0.25) is 0 Å². The molecule has 0 saturated heterocycles. The number of nitrogens with zero attached hydrogens (tertiary/aromatic N) is 1. The van der Waals surface area contributed by atoms with Crippen molar-refractivity contribution in [3.8, 4) is 5.75 Å². The van der Waals surface area contributed by atoms with Gasteiger partial charge in [-0.15, -0.1) is 11.6 Å². The summed E-state index contributed by atoms with van der Waals surface area (Å²) in [6.07, 6.45) is 1.54. The van der Waals surface area contributed by atoms with Crippen molar-refractivity contribution in [2.45, 2.75) is 38.2 Å². The summed E-state index contributed by atoms with van der Waals surface area (Å²) >= 11 is 9.45. The van der Waals surface area contributed by atoms with E-state index in [2.05, 4.69) is 29.8 Å². The molecule has 0 heterocycles. The molecule has 0 aromatic heterocycles. The highest BCUT2D eigenvalue weighted by atomic mass is 79.9. The molecule has 0 spiro atoms. The second-order valence-corrected chi connectivity index (χ2v) is 6.48. The molecule has 1 aromatic carbocycles. The van der Waals surface area contributed by atoms with E-state index in [4.69, 9.17) is 16.3 Å². The maximum absolute atomic E-state index is 11.0. The van der Waals surface area contributed by atoms with Gasteiger partial charge in [0.2, 0.25) is 0 Å². The van der Waals surface area contributed by atoms with Gasteiger partial charge in [-0.1, -0.05) is 29.8 Å². The fourth-order valence-corrected chi connectivity index (χ4v) is 3.09. The standard InChI is InChI=1S/C13H15BrClNO3/c1-3-13(2)11(15)7-12(13)19-10-5-4-8(14)6-9(10)16(17)18/h4-6,11-12H,3,7H2,1-2H3. The molecule has 1 aliphatic rings. The third kappa shape index (κ3) is 2.58. The number of alkyl halides is 1. The van der Waals surface area contributed by atoms with E-state index in [-0.39, 0.29) is 22.6 Å². The number of halogens is 2. The lowest BCUT2D eigenvalue weighted by atomic mass is 9.65. The van der Waals surface area contributed by atoms with Crippen molar-refractivity contribution in [1.29, 1.82) is 0 Å². The van der Waals surface area contributed by atoms with Crippen molar-refractivity contribution < 1.29 is 9.66 Å². The molecule has 3 atom stereocenters. The van der Waals surface area contributed by atoms with E-state index in [0.29, 0.717) is 10.2 Å². The molecule has 0 N–H and O–H groups in total. The number of hydrogen-bond acceptors (Lipinski definition) is 3. The molecule has 6 heteroatoms. The van der Waals surface area contributed by atoms with Crippen LogP contribution in [0.3, 0.4) is 0 Å². The Bertz CT molecular complexity index is 511. The van der Waals surface area contributed by atoms with Crippen molar-refractivity contribution in [1.82, 2.24) is 0 Å². The molecule has 1 aromatic rings. The summed E-state index contributed by atoms with van der Waals surface area (Å²) in [5.41, 5.74) is -0.145. The second-order valence-electron chi connectivity index (χ2n) is 5.04. The SMILES string of the molecule is CCC1(C)C(Cl)CC1Oc1ccc(Br)cc1[N+](=O)[O-]. The van der Waals surface area contributed by atoms with Crippen LogP contribution in [0, 0.1) is 15.5 Å². The van der Waals surface area contributed by atoms with E-state index in [9.17, 15) is 10.1 Å². The smallest absolute Gasteiger partial charge is 0.312 e. The highest BCUT2D eigenvalue weighted by Gasteiger charge is 2.51. The molecule has 0 radical (unpaired) electrons. The fraction of sp³-hybridized carbons (Fsp3) is 0.538. The van der Waals surface area contributed by atoms with E-state index in [1.54, 1.807) is 12.1 Å². The highest BCUT2D eigenvalue weighted by Crippen LogP contribution is 2.50. The fourth-order valence-electron chi connectivity index (χ4n) is 2.29. The van der Waals surface area contributed by atoms with Gasteiger partial charge in [0, 0.05) is 27.8 Å². The molecule has 0 aliphatic heterocycles. The van der Waals surface area contributed by atoms with E-state index < -0.39 is 4.92 Å². The van der Waals surface area contributed by atoms with E-state index in [0.717, 1.165) is 12.8 Å². The lowest BCUT2D eigenvalue weighted by molar-refractivity contribution is -0.386. The Morgan fingerprint density at radius 2 is 2.32 bits per heavy atom. The molecule has 4 nitrogen and oxygen atoms in total. The quantitative estimate of drug-likeness (QED) is 0.456. The van der Waals surface area contributed by atoms with Crippen LogP contribution in [-0.4, -0.2) is 16.4 Å². The molecule has 3 unspecified atom stereocenters. The molecule has 2 rings (SSSR count). The molecular weight excluding hydrogens is 334 g/mol. The van der Waals surface area contributed by atoms with Gasteiger partial charge in [0.05, 0.1) is 4.92 Å². The molecule has 0 bridgehead atoms. The summed E-state index contributed by atoms with van der Waals surface area (Å²) in [6.45, 7) is 4.12. The lowest BCUT2D eigenvalue weighted by Gasteiger charge is -2.50. The molecule has 1 saturated carbocycles. The summed E-state index contributed by atoms with van der Waals surface area (Å²) in [7, 11) is 0. The van der Waals surface area contributed by atoms with Gasteiger partial charge in [0.25, 0.3) is 0 Å². The molecular formula is C13H15BrClNO3. The largest absolute Gasteiger partial charge is 0.483 e. The summed E-state index contributed by atoms with van der Waals surface area (Å²) in [4.78, 5) is 10.6. The normalized spacial score (nSPS) is 29.7. The maximum Gasteiger partial charge on any atom is 0.312 e. The van der Waals surface area contributed by atoms with Crippen LogP contribution in [0.25, 0.3) is 0 Å². The Balaban J connectivity index is 2.23. The van der Waals surface area contributed by atoms with Crippen LogP contribution < -0.4 is 4.74 Å². The van der Waals surface area contributed by atoms with Gasteiger partial charge in [-0.05, 0) is 18.6 Å². The lowest BCUT2D eigenvalue weighted by Crippen LogP contribution is -2.55.